The summed E-state index contributed by atoms with van der Waals surface area (Å²) in [6.07, 6.45) is 0.832. The van der Waals surface area contributed by atoms with Crippen molar-refractivity contribution >= 4 is 18.0 Å². The minimum atomic E-state index is -0.647. The highest BCUT2D eigenvalue weighted by Gasteiger charge is 2.17. The van der Waals surface area contributed by atoms with Gasteiger partial charge >= 0.3 is 12.1 Å². The zero-order valence-electron chi connectivity index (χ0n) is 12.1. The Balaban J connectivity index is 2.64. The lowest BCUT2D eigenvalue weighted by atomic mass is 10.2. The van der Waals surface area contributed by atoms with Gasteiger partial charge in [-0.1, -0.05) is 0 Å². The molecule has 0 saturated heterocycles. The molecule has 0 aliphatic carbocycles. The lowest BCUT2D eigenvalue weighted by Crippen LogP contribution is -2.28. The molecule has 0 unspecified atom stereocenters. The molecule has 1 rings (SSSR count). The lowest BCUT2D eigenvalue weighted by Gasteiger charge is -2.19. The SMILES string of the molecule is CCOC(=O)Cc1ccnc(NC(=O)OC(C)(C)C)n1. The molecule has 110 valence electrons. The van der Waals surface area contributed by atoms with Gasteiger partial charge in [0.05, 0.1) is 18.7 Å². The Morgan fingerprint density at radius 2 is 2.05 bits per heavy atom. The van der Waals surface area contributed by atoms with Gasteiger partial charge in [-0.15, -0.1) is 0 Å². The fourth-order valence-corrected chi connectivity index (χ4v) is 1.31. The maximum absolute atomic E-state index is 11.6. The van der Waals surface area contributed by atoms with E-state index in [1.54, 1.807) is 33.8 Å². The number of carbonyl (C=O) groups excluding carboxylic acids is 2. The summed E-state index contributed by atoms with van der Waals surface area (Å²) in [6, 6.07) is 1.58. The number of aromatic nitrogens is 2. The minimum Gasteiger partial charge on any atom is -0.466 e. The van der Waals surface area contributed by atoms with Crippen LogP contribution in [0.25, 0.3) is 0 Å². The topological polar surface area (TPSA) is 90.4 Å². The second kappa shape index (κ2) is 6.83. The molecule has 0 saturated carbocycles. The maximum atomic E-state index is 11.6. The van der Waals surface area contributed by atoms with E-state index >= 15 is 0 Å². The predicted molar refractivity (Wildman–Crippen MR) is 72.2 cm³/mol. The van der Waals surface area contributed by atoms with Gasteiger partial charge in [0.1, 0.15) is 5.60 Å². The molecule has 0 aromatic carbocycles. The summed E-state index contributed by atoms with van der Waals surface area (Å²) >= 11 is 0. The van der Waals surface area contributed by atoms with E-state index in [9.17, 15) is 9.59 Å². The number of anilines is 1. The first-order chi connectivity index (χ1) is 9.30. The average Bonchev–Trinajstić information content (AvgIpc) is 2.26. The maximum Gasteiger partial charge on any atom is 0.414 e. The second-order valence-corrected chi connectivity index (χ2v) is 4.98. The van der Waals surface area contributed by atoms with Crippen molar-refractivity contribution in [3.63, 3.8) is 0 Å². The number of nitrogens with zero attached hydrogens (tertiary/aromatic N) is 2. The molecule has 1 N–H and O–H groups in total. The van der Waals surface area contributed by atoms with Crippen LogP contribution >= 0.6 is 0 Å². The van der Waals surface area contributed by atoms with E-state index in [-0.39, 0.29) is 18.3 Å². The normalized spacial score (nSPS) is 10.8. The molecule has 20 heavy (non-hydrogen) atoms. The summed E-state index contributed by atoms with van der Waals surface area (Å²) in [5.41, 5.74) is -0.142. The number of esters is 1. The van der Waals surface area contributed by atoms with Gasteiger partial charge in [0, 0.05) is 6.20 Å². The number of nitrogens with one attached hydrogen (secondary N) is 1. The van der Waals surface area contributed by atoms with Crippen molar-refractivity contribution in [1.82, 2.24) is 9.97 Å². The Kier molecular flexibility index (Phi) is 5.42. The quantitative estimate of drug-likeness (QED) is 0.848. The molecule has 0 bridgehead atoms. The van der Waals surface area contributed by atoms with E-state index in [2.05, 4.69) is 15.3 Å². The van der Waals surface area contributed by atoms with Crippen molar-refractivity contribution in [3.8, 4) is 0 Å². The van der Waals surface area contributed by atoms with E-state index < -0.39 is 11.7 Å². The van der Waals surface area contributed by atoms with Crippen LogP contribution in [-0.2, 0) is 20.7 Å². The number of hydrogen-bond donors (Lipinski definition) is 1. The van der Waals surface area contributed by atoms with Gasteiger partial charge in [-0.2, -0.15) is 0 Å². The minimum absolute atomic E-state index is 0.0271. The van der Waals surface area contributed by atoms with Gasteiger partial charge in [0.15, 0.2) is 0 Å². The highest BCUT2D eigenvalue weighted by atomic mass is 16.6. The molecule has 1 aromatic heterocycles. The molecule has 7 heteroatoms. The molecule has 0 spiro atoms. The molecular formula is C13H19N3O4. The third-order valence-corrected chi connectivity index (χ3v) is 1.96. The number of rotatable bonds is 4. The van der Waals surface area contributed by atoms with Crippen LogP contribution in [0.4, 0.5) is 10.7 Å². The fraction of sp³-hybridized carbons (Fsp3) is 0.538. The summed E-state index contributed by atoms with van der Waals surface area (Å²) in [4.78, 5) is 30.8. The second-order valence-electron chi connectivity index (χ2n) is 4.98. The fourth-order valence-electron chi connectivity index (χ4n) is 1.31. The number of hydrogen-bond acceptors (Lipinski definition) is 6. The van der Waals surface area contributed by atoms with E-state index in [0.717, 1.165) is 0 Å². The zero-order valence-corrected chi connectivity index (χ0v) is 12.1. The Hall–Kier alpha value is -2.18. The molecule has 1 heterocycles. The van der Waals surface area contributed by atoms with Gasteiger partial charge in [0.2, 0.25) is 5.95 Å². The molecule has 7 nitrogen and oxygen atoms in total. The molecule has 0 fully saturated rings. The van der Waals surface area contributed by atoms with Crippen LogP contribution in [0.3, 0.4) is 0 Å². The van der Waals surface area contributed by atoms with Crippen LogP contribution in [0.2, 0.25) is 0 Å². The van der Waals surface area contributed by atoms with Gasteiger partial charge in [-0.3, -0.25) is 10.1 Å². The Labute approximate surface area is 117 Å². The van der Waals surface area contributed by atoms with Crippen molar-refractivity contribution < 1.29 is 19.1 Å². The average molecular weight is 281 g/mol. The Morgan fingerprint density at radius 3 is 2.65 bits per heavy atom. The summed E-state index contributed by atoms with van der Waals surface area (Å²) in [6.45, 7) is 7.31. The summed E-state index contributed by atoms with van der Waals surface area (Å²) in [5, 5.41) is 2.41. The van der Waals surface area contributed by atoms with Gasteiger partial charge in [-0.25, -0.2) is 14.8 Å². The van der Waals surface area contributed by atoms with Crippen LogP contribution in [0.1, 0.15) is 33.4 Å². The van der Waals surface area contributed by atoms with Gasteiger partial charge < -0.3 is 9.47 Å². The summed E-state index contributed by atoms with van der Waals surface area (Å²) < 4.78 is 9.90. The molecule has 1 amide bonds. The van der Waals surface area contributed by atoms with Crippen LogP contribution in [0.15, 0.2) is 12.3 Å². The predicted octanol–water partition coefficient (Wildman–Crippen LogP) is 1.93. The van der Waals surface area contributed by atoms with Crippen molar-refractivity contribution in [2.24, 2.45) is 0 Å². The number of carbonyl (C=O) groups is 2. The van der Waals surface area contributed by atoms with E-state index in [4.69, 9.17) is 9.47 Å². The van der Waals surface area contributed by atoms with Gasteiger partial charge in [-0.05, 0) is 33.8 Å². The first kappa shape index (κ1) is 15.9. The monoisotopic (exact) mass is 281 g/mol. The van der Waals surface area contributed by atoms with Crippen molar-refractivity contribution in [2.75, 3.05) is 11.9 Å². The van der Waals surface area contributed by atoms with Crippen molar-refractivity contribution in [3.05, 3.63) is 18.0 Å². The number of amides is 1. The lowest BCUT2D eigenvalue weighted by molar-refractivity contribution is -0.142. The van der Waals surface area contributed by atoms with Crippen LogP contribution in [0.5, 0.6) is 0 Å². The van der Waals surface area contributed by atoms with E-state index in [1.165, 1.54) is 6.20 Å². The highest BCUT2D eigenvalue weighted by molar-refractivity contribution is 5.82. The van der Waals surface area contributed by atoms with Crippen molar-refractivity contribution in [2.45, 2.75) is 39.7 Å². The van der Waals surface area contributed by atoms with Crippen LogP contribution < -0.4 is 5.32 Å². The molecule has 0 aliphatic heterocycles. The Morgan fingerprint density at radius 1 is 1.35 bits per heavy atom. The summed E-state index contributed by atoms with van der Waals surface area (Å²) in [5.74, 6) is -0.296. The van der Waals surface area contributed by atoms with E-state index in [1.807, 2.05) is 0 Å². The third kappa shape index (κ3) is 6.12. The Bertz CT molecular complexity index is 483. The molecule has 1 aromatic rings. The standard InChI is InChI=1S/C13H19N3O4/c1-5-19-10(17)8-9-6-7-14-11(15-9)16-12(18)20-13(2,3)4/h6-7H,5,8H2,1-4H3,(H,14,15,16,18). The largest absolute Gasteiger partial charge is 0.466 e. The highest BCUT2D eigenvalue weighted by Crippen LogP contribution is 2.09. The molecular weight excluding hydrogens is 262 g/mol. The van der Waals surface area contributed by atoms with Crippen LogP contribution in [-0.4, -0.2) is 34.2 Å². The third-order valence-electron chi connectivity index (χ3n) is 1.96. The first-order valence-corrected chi connectivity index (χ1v) is 6.27. The smallest absolute Gasteiger partial charge is 0.414 e. The summed E-state index contributed by atoms with van der Waals surface area (Å²) in [7, 11) is 0. The van der Waals surface area contributed by atoms with Crippen molar-refractivity contribution in [1.29, 1.82) is 0 Å². The van der Waals surface area contributed by atoms with Gasteiger partial charge in [0.25, 0.3) is 0 Å². The number of ether oxygens (including phenoxy) is 2. The molecule has 0 radical (unpaired) electrons. The first-order valence-electron chi connectivity index (χ1n) is 6.27. The van der Waals surface area contributed by atoms with Crippen LogP contribution in [0, 0.1) is 0 Å². The zero-order chi connectivity index (χ0) is 15.2. The van der Waals surface area contributed by atoms with E-state index in [0.29, 0.717) is 12.3 Å². The molecule has 0 aliphatic rings. The molecule has 0 atom stereocenters.